The summed E-state index contributed by atoms with van der Waals surface area (Å²) < 4.78 is 13.0. The monoisotopic (exact) mass is 263 g/mol. The highest BCUT2D eigenvalue weighted by Crippen LogP contribution is 2.37. The fourth-order valence-electron chi connectivity index (χ4n) is 3.19. The molecule has 0 spiro atoms. The smallest absolute Gasteiger partial charge is 0.123 e. The predicted molar refractivity (Wildman–Crippen MR) is 78.6 cm³/mol. The molecule has 2 rings (SSSR count). The van der Waals surface area contributed by atoms with E-state index in [2.05, 4.69) is 26.1 Å². The molecule has 2 heteroatoms. The number of halogens is 1. The van der Waals surface area contributed by atoms with Gasteiger partial charge in [0, 0.05) is 12.1 Å². The lowest BCUT2D eigenvalue weighted by molar-refractivity contribution is 0.154. The van der Waals surface area contributed by atoms with Crippen molar-refractivity contribution < 1.29 is 4.39 Å². The molecule has 1 nitrogen and oxygen atoms in total. The molecular formula is C17H26FN. The molecule has 1 aliphatic carbocycles. The van der Waals surface area contributed by atoms with Crippen LogP contribution in [0.4, 0.5) is 4.39 Å². The van der Waals surface area contributed by atoms with Gasteiger partial charge < -0.3 is 5.32 Å². The summed E-state index contributed by atoms with van der Waals surface area (Å²) in [6, 6.07) is 7.84. The van der Waals surface area contributed by atoms with Crippen molar-refractivity contribution in [1.82, 2.24) is 5.32 Å². The SMILES string of the molecule is CCC(NC1CCCCC1(C)C)c1ccc(F)cc1. The summed E-state index contributed by atoms with van der Waals surface area (Å²) in [7, 11) is 0. The molecule has 1 fully saturated rings. The first-order chi connectivity index (χ1) is 9.03. The lowest BCUT2D eigenvalue weighted by Crippen LogP contribution is -2.45. The molecule has 1 N–H and O–H groups in total. The quantitative estimate of drug-likeness (QED) is 0.820. The Morgan fingerprint density at radius 3 is 2.53 bits per heavy atom. The molecule has 0 aromatic heterocycles. The first-order valence-corrected chi connectivity index (χ1v) is 7.54. The third-order valence-electron chi connectivity index (χ3n) is 4.59. The van der Waals surface area contributed by atoms with Crippen molar-refractivity contribution in [3.05, 3.63) is 35.6 Å². The van der Waals surface area contributed by atoms with Gasteiger partial charge in [0.05, 0.1) is 0 Å². The summed E-state index contributed by atoms with van der Waals surface area (Å²) in [5, 5.41) is 3.81. The second kappa shape index (κ2) is 6.04. The van der Waals surface area contributed by atoms with Crippen molar-refractivity contribution in [2.75, 3.05) is 0 Å². The van der Waals surface area contributed by atoms with E-state index in [1.807, 2.05) is 12.1 Å². The molecule has 2 atom stereocenters. The van der Waals surface area contributed by atoms with Crippen LogP contribution in [0.3, 0.4) is 0 Å². The van der Waals surface area contributed by atoms with Gasteiger partial charge in [0.2, 0.25) is 0 Å². The van der Waals surface area contributed by atoms with E-state index in [1.165, 1.54) is 31.2 Å². The Kier molecular flexibility index (Phi) is 4.62. The highest BCUT2D eigenvalue weighted by molar-refractivity contribution is 5.20. The largest absolute Gasteiger partial charge is 0.307 e. The van der Waals surface area contributed by atoms with E-state index < -0.39 is 0 Å². The Morgan fingerprint density at radius 1 is 1.26 bits per heavy atom. The van der Waals surface area contributed by atoms with E-state index in [9.17, 15) is 4.39 Å². The molecule has 19 heavy (non-hydrogen) atoms. The summed E-state index contributed by atoms with van der Waals surface area (Å²) >= 11 is 0. The average Bonchev–Trinajstić information content (AvgIpc) is 2.38. The second-order valence-corrected chi connectivity index (χ2v) is 6.47. The van der Waals surface area contributed by atoms with E-state index in [0.29, 0.717) is 17.5 Å². The minimum absolute atomic E-state index is 0.156. The van der Waals surface area contributed by atoms with Crippen molar-refractivity contribution >= 4 is 0 Å². The minimum Gasteiger partial charge on any atom is -0.307 e. The zero-order valence-electron chi connectivity index (χ0n) is 12.4. The molecular weight excluding hydrogens is 237 g/mol. The van der Waals surface area contributed by atoms with Crippen LogP contribution in [0.2, 0.25) is 0 Å². The average molecular weight is 263 g/mol. The maximum absolute atomic E-state index is 13.0. The van der Waals surface area contributed by atoms with Gasteiger partial charge in [0.1, 0.15) is 5.82 Å². The fraction of sp³-hybridized carbons (Fsp3) is 0.647. The van der Waals surface area contributed by atoms with Gasteiger partial charge in [-0.25, -0.2) is 4.39 Å². The Balaban J connectivity index is 2.08. The summed E-state index contributed by atoms with van der Waals surface area (Å²) in [4.78, 5) is 0. The van der Waals surface area contributed by atoms with Crippen LogP contribution >= 0.6 is 0 Å². The molecule has 0 saturated heterocycles. The number of hydrogen-bond donors (Lipinski definition) is 1. The Morgan fingerprint density at radius 2 is 1.95 bits per heavy atom. The van der Waals surface area contributed by atoms with Crippen LogP contribution in [0.5, 0.6) is 0 Å². The molecule has 0 bridgehead atoms. The van der Waals surface area contributed by atoms with Gasteiger partial charge in [-0.1, -0.05) is 45.7 Å². The van der Waals surface area contributed by atoms with Crippen molar-refractivity contribution in [2.45, 2.75) is 65.0 Å². The standard InChI is InChI=1S/C17H26FN/c1-4-15(13-8-10-14(18)11-9-13)19-16-7-5-6-12-17(16,2)3/h8-11,15-16,19H,4-7,12H2,1-3H3. The Labute approximate surface area is 116 Å². The third-order valence-corrected chi connectivity index (χ3v) is 4.59. The topological polar surface area (TPSA) is 12.0 Å². The molecule has 0 amide bonds. The van der Waals surface area contributed by atoms with Crippen LogP contribution in [0.15, 0.2) is 24.3 Å². The zero-order valence-corrected chi connectivity index (χ0v) is 12.4. The van der Waals surface area contributed by atoms with Crippen LogP contribution in [-0.4, -0.2) is 6.04 Å². The normalized spacial score (nSPS) is 24.1. The van der Waals surface area contributed by atoms with Crippen molar-refractivity contribution in [1.29, 1.82) is 0 Å². The number of benzene rings is 1. The zero-order chi connectivity index (χ0) is 13.9. The molecule has 1 saturated carbocycles. The molecule has 1 aromatic rings. The fourth-order valence-corrected chi connectivity index (χ4v) is 3.19. The third kappa shape index (κ3) is 3.56. The molecule has 0 aliphatic heterocycles. The Bertz CT molecular complexity index is 396. The van der Waals surface area contributed by atoms with E-state index in [1.54, 1.807) is 12.1 Å². The van der Waals surface area contributed by atoms with Gasteiger partial charge in [-0.3, -0.25) is 0 Å². The van der Waals surface area contributed by atoms with Crippen LogP contribution in [0.25, 0.3) is 0 Å². The molecule has 106 valence electrons. The number of hydrogen-bond acceptors (Lipinski definition) is 1. The minimum atomic E-state index is -0.156. The summed E-state index contributed by atoms with van der Waals surface area (Å²) in [5.74, 6) is -0.156. The van der Waals surface area contributed by atoms with Gasteiger partial charge in [0.15, 0.2) is 0 Å². The summed E-state index contributed by atoms with van der Waals surface area (Å²) in [5.41, 5.74) is 1.57. The molecule has 0 heterocycles. The molecule has 1 aromatic carbocycles. The van der Waals surface area contributed by atoms with Gasteiger partial charge in [-0.05, 0) is 42.4 Å². The van der Waals surface area contributed by atoms with Crippen molar-refractivity contribution in [3.63, 3.8) is 0 Å². The predicted octanol–water partition coefficient (Wildman–Crippen LogP) is 4.84. The number of rotatable bonds is 4. The molecule has 1 aliphatic rings. The summed E-state index contributed by atoms with van der Waals surface area (Å²) in [6.45, 7) is 6.92. The van der Waals surface area contributed by atoms with E-state index >= 15 is 0 Å². The van der Waals surface area contributed by atoms with Gasteiger partial charge in [-0.15, -0.1) is 0 Å². The highest BCUT2D eigenvalue weighted by atomic mass is 19.1. The maximum atomic E-state index is 13.0. The van der Waals surface area contributed by atoms with E-state index in [0.717, 1.165) is 6.42 Å². The van der Waals surface area contributed by atoms with Crippen LogP contribution < -0.4 is 5.32 Å². The van der Waals surface area contributed by atoms with Crippen molar-refractivity contribution in [2.24, 2.45) is 5.41 Å². The molecule has 0 radical (unpaired) electrons. The van der Waals surface area contributed by atoms with E-state index in [-0.39, 0.29) is 5.82 Å². The first-order valence-electron chi connectivity index (χ1n) is 7.54. The van der Waals surface area contributed by atoms with Crippen LogP contribution in [-0.2, 0) is 0 Å². The lowest BCUT2D eigenvalue weighted by atomic mass is 9.73. The maximum Gasteiger partial charge on any atom is 0.123 e. The highest BCUT2D eigenvalue weighted by Gasteiger charge is 2.33. The van der Waals surface area contributed by atoms with Crippen LogP contribution in [0.1, 0.15) is 64.5 Å². The Hall–Kier alpha value is -0.890. The van der Waals surface area contributed by atoms with Crippen molar-refractivity contribution in [3.8, 4) is 0 Å². The lowest BCUT2D eigenvalue weighted by Gasteiger charge is -2.41. The van der Waals surface area contributed by atoms with Crippen LogP contribution in [0, 0.1) is 11.2 Å². The van der Waals surface area contributed by atoms with Gasteiger partial charge in [0.25, 0.3) is 0 Å². The van der Waals surface area contributed by atoms with Gasteiger partial charge >= 0.3 is 0 Å². The second-order valence-electron chi connectivity index (χ2n) is 6.47. The van der Waals surface area contributed by atoms with E-state index in [4.69, 9.17) is 0 Å². The first kappa shape index (κ1) is 14.5. The number of nitrogens with one attached hydrogen (secondary N) is 1. The van der Waals surface area contributed by atoms with Gasteiger partial charge in [-0.2, -0.15) is 0 Å². The molecule has 2 unspecified atom stereocenters. The summed E-state index contributed by atoms with van der Waals surface area (Å²) in [6.07, 6.45) is 6.26.